The number of hydrogen-bond acceptors (Lipinski definition) is 8. The molecule has 332 valence electrons. The van der Waals surface area contributed by atoms with Gasteiger partial charge < -0.3 is 29.0 Å². The molecule has 0 spiro atoms. The van der Waals surface area contributed by atoms with Crippen molar-refractivity contribution in [3.63, 3.8) is 0 Å². The molecule has 3 aromatic carbocycles. The van der Waals surface area contributed by atoms with Crippen LogP contribution in [0, 0.1) is 12.7 Å². The molecule has 2 unspecified atom stereocenters. The van der Waals surface area contributed by atoms with E-state index in [0.29, 0.717) is 60.1 Å². The molecule has 0 aliphatic carbocycles. The predicted molar refractivity (Wildman–Crippen MR) is 248 cm³/mol. The first kappa shape index (κ1) is 46.6. The first-order valence-corrected chi connectivity index (χ1v) is 23.8. The number of aryl methyl sites for hydroxylation is 1. The van der Waals surface area contributed by atoms with Crippen molar-refractivity contribution >= 4 is 42.2 Å². The number of aliphatic carboxylic acids is 1. The highest BCUT2D eigenvalue weighted by molar-refractivity contribution is 6.99. The second-order valence-electron chi connectivity index (χ2n) is 19.0. The number of halogens is 1. The molecule has 1 aliphatic rings. The number of anilines is 1. The number of allylic oxidation sites excluding steroid dienone is 1. The standard InChI is InChI=1S/C50H65FN4O6Si/c1-35(61-62(49(6,7)8,40-22-12-10-13-23-40)41-24-14-11-15-25-41)19-16-17-32-59-50(9)28-30-54(31-29-50)46-44(45(47(57)58)60-48(3,4)5)36(2)52-43-34-39(53-55(43)46)21-18-20-37-26-27-38(51)33-42(37)56/h10-15,18,21-27,33-35,45,56H,16-17,19-20,28-32H2,1-9H3,(H,57,58). The first-order valence-electron chi connectivity index (χ1n) is 21.9. The van der Waals surface area contributed by atoms with Gasteiger partial charge in [0, 0.05) is 43.6 Å². The molecule has 0 amide bonds. The van der Waals surface area contributed by atoms with E-state index in [0.717, 1.165) is 38.2 Å². The third-order valence-electron chi connectivity index (χ3n) is 11.8. The smallest absolute Gasteiger partial charge is 0.337 e. The van der Waals surface area contributed by atoms with Gasteiger partial charge >= 0.3 is 5.97 Å². The minimum Gasteiger partial charge on any atom is -0.508 e. The van der Waals surface area contributed by atoms with E-state index in [-0.39, 0.29) is 22.5 Å². The Morgan fingerprint density at radius 2 is 1.58 bits per heavy atom. The number of carbonyl (C=O) groups is 1. The number of rotatable bonds is 17. The first-order chi connectivity index (χ1) is 29.3. The van der Waals surface area contributed by atoms with Crippen LogP contribution in [0.2, 0.25) is 5.04 Å². The number of unbranched alkanes of at least 4 members (excludes halogenated alkanes) is 1. The number of piperidine rings is 1. The minimum atomic E-state index is -2.63. The van der Waals surface area contributed by atoms with Crippen LogP contribution < -0.4 is 15.3 Å². The van der Waals surface area contributed by atoms with Gasteiger partial charge in [0.2, 0.25) is 0 Å². The Labute approximate surface area is 367 Å². The molecule has 2 atom stereocenters. The molecule has 62 heavy (non-hydrogen) atoms. The second-order valence-corrected chi connectivity index (χ2v) is 23.2. The third-order valence-corrected chi connectivity index (χ3v) is 17.0. The number of aromatic hydroxyl groups is 1. The molecule has 2 aromatic heterocycles. The Morgan fingerprint density at radius 1 is 0.952 bits per heavy atom. The fraction of sp³-hybridized carbons (Fsp3) is 0.460. The van der Waals surface area contributed by atoms with Gasteiger partial charge in [-0.25, -0.2) is 14.2 Å². The monoisotopic (exact) mass is 864 g/mol. The van der Waals surface area contributed by atoms with Crippen LogP contribution in [0.25, 0.3) is 11.7 Å². The molecule has 1 fully saturated rings. The molecule has 5 aromatic rings. The van der Waals surface area contributed by atoms with Gasteiger partial charge in [0.25, 0.3) is 8.32 Å². The summed E-state index contributed by atoms with van der Waals surface area (Å²) in [4.78, 5) is 19.9. The number of hydrogen-bond donors (Lipinski definition) is 2. The highest BCUT2D eigenvalue weighted by Crippen LogP contribution is 2.40. The average Bonchev–Trinajstić information content (AvgIpc) is 3.61. The molecule has 12 heteroatoms. The van der Waals surface area contributed by atoms with Crippen molar-refractivity contribution < 1.29 is 33.3 Å². The molecule has 0 saturated carbocycles. The largest absolute Gasteiger partial charge is 0.508 e. The summed E-state index contributed by atoms with van der Waals surface area (Å²) in [7, 11) is -2.63. The zero-order valence-corrected chi connectivity index (χ0v) is 39.0. The Balaban J connectivity index is 1.14. The van der Waals surface area contributed by atoms with Crippen LogP contribution in [0.4, 0.5) is 10.2 Å². The molecule has 6 rings (SSSR count). The molecule has 3 heterocycles. The summed E-state index contributed by atoms with van der Waals surface area (Å²) in [5.74, 6) is -1.08. The van der Waals surface area contributed by atoms with Crippen molar-refractivity contribution in [3.05, 3.63) is 119 Å². The van der Waals surface area contributed by atoms with Gasteiger partial charge in [0.1, 0.15) is 17.4 Å². The summed E-state index contributed by atoms with van der Waals surface area (Å²) in [5, 5.41) is 28.1. The van der Waals surface area contributed by atoms with E-state index in [1.54, 1.807) is 10.6 Å². The summed E-state index contributed by atoms with van der Waals surface area (Å²) in [6.07, 6.45) is 7.10. The maximum absolute atomic E-state index is 13.6. The van der Waals surface area contributed by atoms with E-state index in [1.807, 2.05) is 45.9 Å². The van der Waals surface area contributed by atoms with Crippen molar-refractivity contribution in [2.75, 3.05) is 24.6 Å². The highest BCUT2D eigenvalue weighted by atomic mass is 28.4. The molecular weight excluding hydrogens is 800 g/mol. The number of phenolic OH excluding ortho intramolecular Hbond substituents is 1. The van der Waals surface area contributed by atoms with Crippen LogP contribution in [0.1, 0.15) is 116 Å². The van der Waals surface area contributed by atoms with E-state index in [9.17, 15) is 19.4 Å². The zero-order chi connectivity index (χ0) is 44.9. The average molecular weight is 865 g/mol. The number of carboxylic acid groups (broad SMARTS) is 1. The van der Waals surface area contributed by atoms with Crippen molar-refractivity contribution in [2.45, 2.75) is 129 Å². The van der Waals surface area contributed by atoms with E-state index < -0.39 is 31.8 Å². The quantitative estimate of drug-likeness (QED) is 0.0696. The molecule has 1 aliphatic heterocycles. The lowest BCUT2D eigenvalue weighted by molar-refractivity contribution is -0.160. The van der Waals surface area contributed by atoms with E-state index in [4.69, 9.17) is 24.0 Å². The summed E-state index contributed by atoms with van der Waals surface area (Å²) in [6, 6.07) is 27.4. The summed E-state index contributed by atoms with van der Waals surface area (Å²) < 4.78 is 35.5. The zero-order valence-electron chi connectivity index (χ0n) is 38.0. The number of carboxylic acids is 1. The number of aromatic nitrogens is 3. The summed E-state index contributed by atoms with van der Waals surface area (Å²) in [6.45, 7) is 20.5. The highest BCUT2D eigenvalue weighted by Gasteiger charge is 2.51. The number of ether oxygens (including phenoxy) is 2. The molecule has 1 saturated heterocycles. The van der Waals surface area contributed by atoms with Crippen LogP contribution in [-0.2, 0) is 25.1 Å². The van der Waals surface area contributed by atoms with Crippen LogP contribution >= 0.6 is 0 Å². The lowest BCUT2D eigenvalue weighted by atomic mass is 9.92. The fourth-order valence-corrected chi connectivity index (χ4v) is 13.4. The minimum absolute atomic E-state index is 0.0633. The van der Waals surface area contributed by atoms with Crippen LogP contribution in [-0.4, -0.2) is 76.1 Å². The van der Waals surface area contributed by atoms with Crippen LogP contribution in [0.5, 0.6) is 5.75 Å². The van der Waals surface area contributed by atoms with Crippen molar-refractivity contribution in [1.29, 1.82) is 0 Å². The van der Waals surface area contributed by atoms with Gasteiger partial charge in [-0.05, 0) is 113 Å². The van der Waals surface area contributed by atoms with Gasteiger partial charge in [0.15, 0.2) is 11.8 Å². The van der Waals surface area contributed by atoms with Gasteiger partial charge in [-0.2, -0.15) is 9.61 Å². The summed E-state index contributed by atoms with van der Waals surface area (Å²) >= 11 is 0. The van der Waals surface area contributed by atoms with Gasteiger partial charge in [-0.1, -0.05) is 93.6 Å². The third kappa shape index (κ3) is 10.8. The Kier molecular flexibility index (Phi) is 14.5. The van der Waals surface area contributed by atoms with Crippen molar-refractivity contribution in [3.8, 4) is 5.75 Å². The van der Waals surface area contributed by atoms with Gasteiger partial charge in [0.05, 0.1) is 22.5 Å². The maximum atomic E-state index is 13.6. The number of phenols is 1. The normalized spacial score (nSPS) is 15.9. The van der Waals surface area contributed by atoms with E-state index in [1.165, 1.54) is 16.4 Å². The molecule has 0 bridgehead atoms. The molecular formula is C50H65FN4O6Si. The fourth-order valence-electron chi connectivity index (χ4n) is 8.67. The number of fused-ring (bicyclic) bond motifs is 1. The van der Waals surface area contributed by atoms with Crippen LogP contribution in [0.3, 0.4) is 0 Å². The second kappa shape index (κ2) is 19.2. The lowest BCUT2D eigenvalue weighted by Gasteiger charge is -2.44. The van der Waals surface area contributed by atoms with E-state index in [2.05, 4.69) is 100 Å². The predicted octanol–water partition coefficient (Wildman–Crippen LogP) is 9.59. The number of nitrogens with zero attached hydrogens (tertiary/aromatic N) is 4. The topological polar surface area (TPSA) is 119 Å². The van der Waals surface area contributed by atoms with Crippen molar-refractivity contribution in [2.24, 2.45) is 0 Å². The molecule has 10 nitrogen and oxygen atoms in total. The van der Waals surface area contributed by atoms with Gasteiger partial charge in [-0.3, -0.25) is 0 Å². The van der Waals surface area contributed by atoms with E-state index >= 15 is 0 Å². The Hall–Kier alpha value is -4.88. The lowest BCUT2D eigenvalue weighted by Crippen LogP contribution is -2.67. The number of benzene rings is 3. The van der Waals surface area contributed by atoms with Gasteiger partial charge in [-0.15, -0.1) is 0 Å². The Bertz CT molecular complexity index is 2270. The van der Waals surface area contributed by atoms with Crippen LogP contribution in [0.15, 0.2) is 91.0 Å². The van der Waals surface area contributed by atoms with Crippen molar-refractivity contribution in [1.82, 2.24) is 14.6 Å². The summed E-state index contributed by atoms with van der Waals surface area (Å²) in [5.41, 5.74) is 1.68. The Morgan fingerprint density at radius 3 is 2.15 bits per heavy atom. The SMILES string of the molecule is Cc1nc2cc(C=CCc3ccc(F)cc3O)nn2c(N2CCC(C)(OCCCCC(C)O[Si](c3ccccc3)(c3ccccc3)C(C)(C)C)CC2)c1C(OC(C)(C)C)C(=O)O. The molecule has 2 N–H and O–H groups in total. The maximum Gasteiger partial charge on any atom is 0.337 e. The molecule has 0 radical (unpaired) electrons.